The molecule has 1 nitrogen and oxygen atoms in total. The molecule has 0 saturated heterocycles. The van der Waals surface area contributed by atoms with Crippen LogP contribution in [0.25, 0.3) is 0 Å². The topological polar surface area (TPSA) is 12.0 Å². The third-order valence-corrected chi connectivity index (χ3v) is 3.07. The Balaban J connectivity index is 2.20. The molecular weight excluding hydrogens is 170 g/mol. The summed E-state index contributed by atoms with van der Waals surface area (Å²) in [6.45, 7) is 2.16. The molecule has 0 amide bonds. The summed E-state index contributed by atoms with van der Waals surface area (Å²) in [4.78, 5) is 0. The van der Waals surface area contributed by atoms with Crippen LogP contribution >= 0.6 is 11.6 Å². The van der Waals surface area contributed by atoms with Crippen LogP contribution in [0.1, 0.15) is 45.4 Å². The summed E-state index contributed by atoms with van der Waals surface area (Å²) in [5.41, 5.74) is 0. The molecule has 1 N–H and O–H groups in total. The molecule has 0 heterocycles. The molecule has 0 aliphatic heterocycles. The van der Waals surface area contributed by atoms with E-state index < -0.39 is 0 Å². The van der Waals surface area contributed by atoms with Crippen molar-refractivity contribution in [3.63, 3.8) is 0 Å². The third kappa shape index (κ3) is 3.77. The standard InChI is InChI=1S/C10H20ClN/c1-9(8-11)12-10-6-4-2-3-5-7-10/h9-10,12H,2-8H2,1H3. The molecule has 1 atom stereocenters. The second kappa shape index (κ2) is 5.82. The maximum atomic E-state index is 5.75. The van der Waals surface area contributed by atoms with Gasteiger partial charge in [-0.1, -0.05) is 25.7 Å². The van der Waals surface area contributed by atoms with Crippen molar-refractivity contribution in [3.05, 3.63) is 0 Å². The summed E-state index contributed by atoms with van der Waals surface area (Å²) in [7, 11) is 0. The zero-order valence-corrected chi connectivity index (χ0v) is 8.74. The Hall–Kier alpha value is 0.250. The van der Waals surface area contributed by atoms with Gasteiger partial charge in [-0.25, -0.2) is 0 Å². The summed E-state index contributed by atoms with van der Waals surface area (Å²) in [6, 6.07) is 1.22. The average Bonchev–Trinajstić information content (AvgIpc) is 2.33. The first kappa shape index (κ1) is 10.3. The molecule has 2 heteroatoms. The van der Waals surface area contributed by atoms with E-state index in [4.69, 9.17) is 11.6 Å². The van der Waals surface area contributed by atoms with Crippen molar-refractivity contribution in [2.75, 3.05) is 5.88 Å². The van der Waals surface area contributed by atoms with E-state index in [0.717, 1.165) is 11.9 Å². The van der Waals surface area contributed by atoms with Crippen LogP contribution < -0.4 is 5.32 Å². The Morgan fingerprint density at radius 3 is 2.33 bits per heavy atom. The maximum absolute atomic E-state index is 5.75. The first-order valence-electron chi connectivity index (χ1n) is 5.15. The maximum Gasteiger partial charge on any atom is 0.0374 e. The van der Waals surface area contributed by atoms with E-state index in [2.05, 4.69) is 12.2 Å². The number of hydrogen-bond donors (Lipinski definition) is 1. The van der Waals surface area contributed by atoms with Crippen molar-refractivity contribution >= 4 is 11.6 Å². The molecule has 1 aliphatic rings. The second-order valence-electron chi connectivity index (χ2n) is 3.91. The molecule has 0 aromatic rings. The Labute approximate surface area is 80.9 Å². The number of halogens is 1. The van der Waals surface area contributed by atoms with Crippen molar-refractivity contribution in [1.82, 2.24) is 5.32 Å². The zero-order chi connectivity index (χ0) is 8.81. The van der Waals surface area contributed by atoms with Crippen molar-refractivity contribution in [2.45, 2.75) is 57.5 Å². The number of hydrogen-bond acceptors (Lipinski definition) is 1. The van der Waals surface area contributed by atoms with Crippen molar-refractivity contribution in [2.24, 2.45) is 0 Å². The molecule has 1 rings (SSSR count). The first-order valence-corrected chi connectivity index (χ1v) is 5.68. The van der Waals surface area contributed by atoms with E-state index in [0.29, 0.717) is 6.04 Å². The summed E-state index contributed by atoms with van der Waals surface area (Å²) in [6.07, 6.45) is 8.34. The van der Waals surface area contributed by atoms with Gasteiger partial charge in [0.05, 0.1) is 0 Å². The Bertz CT molecular complexity index is 108. The molecule has 0 aromatic carbocycles. The molecule has 1 fully saturated rings. The van der Waals surface area contributed by atoms with Gasteiger partial charge in [0.15, 0.2) is 0 Å². The second-order valence-corrected chi connectivity index (χ2v) is 4.22. The van der Waals surface area contributed by atoms with Crippen LogP contribution in [-0.4, -0.2) is 18.0 Å². The monoisotopic (exact) mass is 189 g/mol. The van der Waals surface area contributed by atoms with E-state index in [1.54, 1.807) is 0 Å². The predicted molar refractivity (Wildman–Crippen MR) is 54.8 cm³/mol. The van der Waals surface area contributed by atoms with Crippen LogP contribution in [0, 0.1) is 0 Å². The van der Waals surface area contributed by atoms with Crippen LogP contribution in [0.4, 0.5) is 0 Å². The summed E-state index contributed by atoms with van der Waals surface area (Å²) < 4.78 is 0. The van der Waals surface area contributed by atoms with Crippen LogP contribution in [0.5, 0.6) is 0 Å². The largest absolute Gasteiger partial charge is 0.310 e. The molecule has 72 valence electrons. The van der Waals surface area contributed by atoms with Gasteiger partial charge in [0.25, 0.3) is 0 Å². The summed E-state index contributed by atoms with van der Waals surface area (Å²) in [5, 5.41) is 3.58. The lowest BCUT2D eigenvalue weighted by atomic mass is 10.1. The highest BCUT2D eigenvalue weighted by Crippen LogP contribution is 2.17. The molecule has 1 unspecified atom stereocenters. The Morgan fingerprint density at radius 1 is 1.25 bits per heavy atom. The molecular formula is C10H20ClN. The van der Waals surface area contributed by atoms with Gasteiger partial charge in [-0.05, 0) is 19.8 Å². The SMILES string of the molecule is CC(CCl)NC1CCCCCC1. The van der Waals surface area contributed by atoms with E-state index in [1.807, 2.05) is 0 Å². The Kier molecular flexibility index (Phi) is 5.01. The van der Waals surface area contributed by atoms with Crippen LogP contribution in [-0.2, 0) is 0 Å². The van der Waals surface area contributed by atoms with E-state index in [-0.39, 0.29) is 0 Å². The highest BCUT2D eigenvalue weighted by atomic mass is 35.5. The third-order valence-electron chi connectivity index (χ3n) is 2.61. The highest BCUT2D eigenvalue weighted by Gasteiger charge is 2.13. The fourth-order valence-electron chi connectivity index (χ4n) is 1.89. The minimum Gasteiger partial charge on any atom is -0.310 e. The average molecular weight is 190 g/mol. The van der Waals surface area contributed by atoms with E-state index in [9.17, 15) is 0 Å². The quantitative estimate of drug-likeness (QED) is 0.532. The number of rotatable bonds is 3. The van der Waals surface area contributed by atoms with Gasteiger partial charge in [0.2, 0.25) is 0 Å². The fraction of sp³-hybridized carbons (Fsp3) is 1.00. The molecule has 0 radical (unpaired) electrons. The van der Waals surface area contributed by atoms with Gasteiger partial charge < -0.3 is 5.32 Å². The molecule has 0 bridgehead atoms. The number of nitrogens with one attached hydrogen (secondary N) is 1. The molecule has 0 spiro atoms. The fourth-order valence-corrected chi connectivity index (χ4v) is 1.98. The van der Waals surface area contributed by atoms with Crippen molar-refractivity contribution in [1.29, 1.82) is 0 Å². The smallest absolute Gasteiger partial charge is 0.0374 e. The van der Waals surface area contributed by atoms with Gasteiger partial charge in [0.1, 0.15) is 0 Å². The van der Waals surface area contributed by atoms with Gasteiger partial charge in [-0.15, -0.1) is 11.6 Å². The highest BCUT2D eigenvalue weighted by molar-refractivity contribution is 6.18. The lowest BCUT2D eigenvalue weighted by Crippen LogP contribution is -2.37. The van der Waals surface area contributed by atoms with Crippen LogP contribution in [0.2, 0.25) is 0 Å². The minimum atomic E-state index is 0.481. The Morgan fingerprint density at radius 2 is 1.83 bits per heavy atom. The van der Waals surface area contributed by atoms with Crippen molar-refractivity contribution in [3.8, 4) is 0 Å². The van der Waals surface area contributed by atoms with Crippen molar-refractivity contribution < 1.29 is 0 Å². The molecule has 0 aromatic heterocycles. The summed E-state index contributed by atoms with van der Waals surface area (Å²) >= 11 is 5.75. The zero-order valence-electron chi connectivity index (χ0n) is 7.98. The van der Waals surface area contributed by atoms with Gasteiger partial charge >= 0.3 is 0 Å². The van der Waals surface area contributed by atoms with Gasteiger partial charge in [-0.2, -0.15) is 0 Å². The van der Waals surface area contributed by atoms with Gasteiger partial charge in [-0.3, -0.25) is 0 Å². The van der Waals surface area contributed by atoms with Crippen LogP contribution in [0.3, 0.4) is 0 Å². The van der Waals surface area contributed by atoms with Crippen LogP contribution in [0.15, 0.2) is 0 Å². The van der Waals surface area contributed by atoms with Gasteiger partial charge in [0, 0.05) is 18.0 Å². The van der Waals surface area contributed by atoms with E-state index >= 15 is 0 Å². The molecule has 1 saturated carbocycles. The summed E-state index contributed by atoms with van der Waals surface area (Å²) in [5.74, 6) is 0.733. The molecule has 12 heavy (non-hydrogen) atoms. The normalized spacial score (nSPS) is 23.5. The predicted octanol–water partition coefficient (Wildman–Crippen LogP) is 2.93. The first-order chi connectivity index (χ1) is 5.83. The lowest BCUT2D eigenvalue weighted by molar-refractivity contribution is 0.424. The lowest BCUT2D eigenvalue weighted by Gasteiger charge is -2.20. The minimum absolute atomic E-state index is 0.481. The van der Waals surface area contributed by atoms with E-state index in [1.165, 1.54) is 38.5 Å². The molecule has 1 aliphatic carbocycles. The number of alkyl halides is 1.